The van der Waals surface area contributed by atoms with Gasteiger partial charge in [-0.3, -0.25) is 9.59 Å². The molecule has 0 aliphatic heterocycles. The lowest BCUT2D eigenvalue weighted by atomic mass is 9.90. The molecule has 0 spiro atoms. The average Bonchev–Trinajstić information content (AvgIpc) is 3.41. The number of nitrogens with one attached hydrogen (secondary N) is 2. The Kier molecular flexibility index (Phi) is 5.36. The zero-order valence-corrected chi connectivity index (χ0v) is 15.4. The number of rotatable bonds is 7. The summed E-state index contributed by atoms with van der Waals surface area (Å²) >= 11 is 0. The summed E-state index contributed by atoms with van der Waals surface area (Å²) in [5.41, 5.74) is 5.11. The van der Waals surface area contributed by atoms with E-state index in [1.807, 2.05) is 12.4 Å². The van der Waals surface area contributed by atoms with E-state index in [9.17, 15) is 9.59 Å². The Bertz CT molecular complexity index is 551. The van der Waals surface area contributed by atoms with E-state index in [0.29, 0.717) is 11.8 Å². The van der Waals surface area contributed by atoms with Gasteiger partial charge in [-0.25, -0.2) is 10.9 Å². The highest BCUT2D eigenvalue weighted by molar-refractivity contribution is 5.84. The molecule has 26 heavy (non-hydrogen) atoms. The van der Waals surface area contributed by atoms with Gasteiger partial charge in [-0.05, 0) is 74.0 Å². The van der Waals surface area contributed by atoms with Crippen LogP contribution in [-0.4, -0.2) is 24.2 Å². The second-order valence-electron chi connectivity index (χ2n) is 8.80. The fourth-order valence-electron chi connectivity index (χ4n) is 5.70. The number of hydrogen-bond acceptors (Lipinski definition) is 4. The topological polar surface area (TPSA) is 82.9 Å². The smallest absolute Gasteiger partial charge is 0.240 e. The van der Waals surface area contributed by atoms with Crippen molar-refractivity contribution in [2.75, 3.05) is 0 Å². The summed E-state index contributed by atoms with van der Waals surface area (Å²) in [6.45, 7) is 0. The van der Waals surface area contributed by atoms with Crippen LogP contribution in [0.2, 0.25) is 0 Å². The number of carbonyl (C=O) groups excluding carboxylic acids is 2. The van der Waals surface area contributed by atoms with Crippen molar-refractivity contribution in [2.45, 2.75) is 64.2 Å². The maximum Gasteiger partial charge on any atom is 0.240 e. The van der Waals surface area contributed by atoms with Crippen molar-refractivity contribution in [3.8, 4) is 0 Å². The summed E-state index contributed by atoms with van der Waals surface area (Å²) in [6, 6.07) is 0. The summed E-state index contributed by atoms with van der Waals surface area (Å²) in [5.74, 6) is 3.90. The molecule has 0 aromatic carbocycles. The third kappa shape index (κ3) is 4.15. The quantitative estimate of drug-likeness (QED) is 0.542. The van der Waals surface area contributed by atoms with Crippen LogP contribution >= 0.6 is 0 Å². The Morgan fingerprint density at radius 2 is 1.19 bits per heavy atom. The lowest BCUT2D eigenvalue weighted by Gasteiger charge is -2.16. The lowest BCUT2D eigenvalue weighted by molar-refractivity contribution is -0.126. The van der Waals surface area contributed by atoms with Gasteiger partial charge in [-0.1, -0.05) is 12.8 Å². The molecule has 0 radical (unpaired) electrons. The highest BCUT2D eigenvalue weighted by atomic mass is 16.2. The van der Waals surface area contributed by atoms with Crippen LogP contribution in [0.15, 0.2) is 10.2 Å². The first kappa shape index (κ1) is 17.7. The zero-order valence-electron chi connectivity index (χ0n) is 15.4. The molecule has 2 amide bonds. The summed E-state index contributed by atoms with van der Waals surface area (Å²) in [6.07, 6.45) is 14.5. The van der Waals surface area contributed by atoms with E-state index in [2.05, 4.69) is 21.1 Å². The second kappa shape index (κ2) is 7.89. The van der Waals surface area contributed by atoms with Crippen LogP contribution in [0.4, 0.5) is 0 Å². The van der Waals surface area contributed by atoms with Gasteiger partial charge in [-0.15, -0.1) is 0 Å². The number of carbonyl (C=O) groups is 2. The van der Waals surface area contributed by atoms with Gasteiger partial charge in [0, 0.05) is 25.3 Å². The average molecular weight is 358 g/mol. The standard InChI is InChI=1S/C20H30N4O2/c25-19(23-21-11-17-9-13-1-3-15(17)7-13)5-6-20(26)24-22-12-18-10-14-2-4-16(18)8-14/h11-18H,1-10H2,(H,23,25)(H,24,26)/b21-11-,22-12-/t13-,14-,15-,16-,17+,18+/m0/s1. The SMILES string of the molecule is O=C(CCC(=O)N/N=C\[C@H]1C[C@H]2CC[C@H]1C2)N/N=C\[C@H]1C[C@H]2CC[C@H]1C2. The van der Waals surface area contributed by atoms with Gasteiger partial charge in [0.25, 0.3) is 0 Å². The van der Waals surface area contributed by atoms with Crippen molar-refractivity contribution < 1.29 is 9.59 Å². The Labute approximate surface area is 155 Å². The molecule has 4 aliphatic carbocycles. The molecule has 4 rings (SSSR count). The highest BCUT2D eigenvalue weighted by Gasteiger charge is 2.39. The fraction of sp³-hybridized carbons (Fsp3) is 0.800. The van der Waals surface area contributed by atoms with E-state index in [-0.39, 0.29) is 24.7 Å². The molecule has 0 heterocycles. The number of amides is 2. The van der Waals surface area contributed by atoms with Crippen molar-refractivity contribution in [3.05, 3.63) is 0 Å². The van der Waals surface area contributed by atoms with Crippen LogP contribution in [0.25, 0.3) is 0 Å². The third-order valence-electron chi connectivity index (χ3n) is 7.08. The predicted molar refractivity (Wildman–Crippen MR) is 100 cm³/mol. The van der Waals surface area contributed by atoms with Crippen LogP contribution in [0.5, 0.6) is 0 Å². The van der Waals surface area contributed by atoms with Crippen molar-refractivity contribution in [1.82, 2.24) is 10.9 Å². The zero-order chi connectivity index (χ0) is 17.9. The summed E-state index contributed by atoms with van der Waals surface area (Å²) in [5, 5.41) is 8.20. The maximum atomic E-state index is 11.8. The molecule has 0 aromatic heterocycles. The summed E-state index contributed by atoms with van der Waals surface area (Å²) in [7, 11) is 0. The number of fused-ring (bicyclic) bond motifs is 4. The van der Waals surface area contributed by atoms with Crippen molar-refractivity contribution in [1.29, 1.82) is 0 Å². The number of hydrazone groups is 2. The molecule has 2 N–H and O–H groups in total. The van der Waals surface area contributed by atoms with E-state index in [1.165, 1.54) is 51.4 Å². The van der Waals surface area contributed by atoms with Gasteiger partial charge in [0.1, 0.15) is 0 Å². The minimum atomic E-state index is -0.211. The number of hydrogen-bond donors (Lipinski definition) is 2. The van der Waals surface area contributed by atoms with E-state index in [0.717, 1.165) is 23.7 Å². The fourth-order valence-corrected chi connectivity index (χ4v) is 5.70. The Morgan fingerprint density at radius 1 is 0.731 bits per heavy atom. The lowest BCUT2D eigenvalue weighted by Crippen LogP contribution is -2.24. The van der Waals surface area contributed by atoms with E-state index in [1.54, 1.807) is 0 Å². The molecule has 4 aliphatic rings. The molecule has 0 aromatic rings. The Balaban J connectivity index is 1.09. The van der Waals surface area contributed by atoms with Crippen LogP contribution in [-0.2, 0) is 9.59 Å². The largest absolute Gasteiger partial charge is 0.273 e. The van der Waals surface area contributed by atoms with Gasteiger partial charge in [-0.2, -0.15) is 10.2 Å². The summed E-state index contributed by atoms with van der Waals surface area (Å²) < 4.78 is 0. The van der Waals surface area contributed by atoms with E-state index in [4.69, 9.17) is 0 Å². The van der Waals surface area contributed by atoms with Gasteiger partial charge in [0.2, 0.25) is 11.8 Å². The molecule has 6 atom stereocenters. The van der Waals surface area contributed by atoms with Crippen molar-refractivity contribution in [2.24, 2.45) is 45.7 Å². The first-order chi connectivity index (χ1) is 12.7. The van der Waals surface area contributed by atoms with Gasteiger partial charge in [0.15, 0.2) is 0 Å². The van der Waals surface area contributed by atoms with E-state index < -0.39 is 0 Å². The molecule has 4 bridgehead atoms. The van der Waals surface area contributed by atoms with Crippen molar-refractivity contribution in [3.63, 3.8) is 0 Å². The maximum absolute atomic E-state index is 11.8. The Hall–Kier alpha value is -1.72. The van der Waals surface area contributed by atoms with Crippen LogP contribution in [0.3, 0.4) is 0 Å². The summed E-state index contributed by atoms with van der Waals surface area (Å²) in [4.78, 5) is 23.6. The monoisotopic (exact) mass is 358 g/mol. The highest BCUT2D eigenvalue weighted by Crippen LogP contribution is 2.48. The molecular formula is C20H30N4O2. The molecule has 6 nitrogen and oxygen atoms in total. The second-order valence-corrected chi connectivity index (χ2v) is 8.80. The van der Waals surface area contributed by atoms with Crippen LogP contribution < -0.4 is 10.9 Å². The van der Waals surface area contributed by atoms with Crippen LogP contribution in [0, 0.1) is 35.5 Å². The van der Waals surface area contributed by atoms with Crippen molar-refractivity contribution >= 4 is 24.2 Å². The van der Waals surface area contributed by atoms with E-state index >= 15 is 0 Å². The molecule has 4 saturated carbocycles. The molecule has 142 valence electrons. The minimum Gasteiger partial charge on any atom is -0.273 e. The molecule has 6 heteroatoms. The first-order valence-electron chi connectivity index (χ1n) is 10.3. The molecule has 0 unspecified atom stereocenters. The molecular weight excluding hydrogens is 328 g/mol. The van der Waals surface area contributed by atoms with Gasteiger partial charge >= 0.3 is 0 Å². The van der Waals surface area contributed by atoms with Gasteiger partial charge in [0.05, 0.1) is 0 Å². The Morgan fingerprint density at radius 3 is 1.54 bits per heavy atom. The van der Waals surface area contributed by atoms with Gasteiger partial charge < -0.3 is 0 Å². The minimum absolute atomic E-state index is 0.142. The first-order valence-corrected chi connectivity index (χ1v) is 10.3. The number of nitrogens with zero attached hydrogens (tertiary/aromatic N) is 2. The molecule has 4 fully saturated rings. The van der Waals surface area contributed by atoms with Crippen LogP contribution in [0.1, 0.15) is 64.2 Å². The molecule has 0 saturated heterocycles. The predicted octanol–water partition coefficient (Wildman–Crippen LogP) is 2.84. The third-order valence-corrected chi connectivity index (χ3v) is 7.08. The normalized spacial score (nSPS) is 37.8.